The molecule has 0 fully saturated rings. The summed E-state index contributed by atoms with van der Waals surface area (Å²) in [6, 6.07) is 4.41. The van der Waals surface area contributed by atoms with Crippen molar-refractivity contribution in [3.63, 3.8) is 0 Å². The van der Waals surface area contributed by atoms with Crippen LogP contribution >= 0.6 is 0 Å². The third kappa shape index (κ3) is 3.41. The molecule has 3 nitrogen and oxygen atoms in total. The fourth-order valence-electron chi connectivity index (χ4n) is 1.08. The molecule has 0 aliphatic heterocycles. The van der Waals surface area contributed by atoms with Crippen LogP contribution in [-0.4, -0.2) is 20.3 Å². The van der Waals surface area contributed by atoms with Gasteiger partial charge >= 0.3 is 6.61 Å². The molecule has 0 saturated heterocycles. The predicted octanol–water partition coefficient (Wildman–Crippen LogP) is 1.61. The molecular weight excluding hydrogens is 216 g/mol. The Labute approximate surface area is 92.2 Å². The van der Waals surface area contributed by atoms with Crippen LogP contribution in [0.4, 0.5) is 8.78 Å². The highest BCUT2D eigenvalue weighted by Gasteiger charge is 2.09. The number of hydrogen-bond acceptors (Lipinski definition) is 3. The second-order valence-electron chi connectivity index (χ2n) is 2.75. The zero-order valence-electron chi connectivity index (χ0n) is 8.67. The first-order valence-corrected chi connectivity index (χ1v) is 4.49. The lowest BCUT2D eigenvalue weighted by Gasteiger charge is -2.08. The molecule has 0 heterocycles. The number of alkyl halides is 2. The van der Waals surface area contributed by atoms with E-state index in [4.69, 9.17) is 10.5 Å². The highest BCUT2D eigenvalue weighted by Crippen LogP contribution is 2.24. The Balaban J connectivity index is 3.05. The molecule has 0 unspecified atom stereocenters. The smallest absolute Gasteiger partial charge is 0.387 e. The van der Waals surface area contributed by atoms with Gasteiger partial charge in [0.05, 0.1) is 19.2 Å². The van der Waals surface area contributed by atoms with Crippen LogP contribution in [0.3, 0.4) is 0 Å². The van der Waals surface area contributed by atoms with Crippen molar-refractivity contribution in [3.05, 3.63) is 23.8 Å². The molecule has 0 radical (unpaired) electrons. The van der Waals surface area contributed by atoms with Gasteiger partial charge in [-0.1, -0.05) is 11.8 Å². The van der Waals surface area contributed by atoms with Crippen LogP contribution < -0.4 is 15.2 Å². The molecule has 0 aliphatic carbocycles. The normalized spacial score (nSPS) is 9.56. The van der Waals surface area contributed by atoms with Crippen molar-refractivity contribution >= 4 is 0 Å². The maximum Gasteiger partial charge on any atom is 0.387 e. The topological polar surface area (TPSA) is 44.5 Å². The van der Waals surface area contributed by atoms with Crippen molar-refractivity contribution in [3.8, 4) is 23.3 Å². The Morgan fingerprint density at radius 1 is 1.44 bits per heavy atom. The molecule has 0 bridgehead atoms. The van der Waals surface area contributed by atoms with E-state index in [1.165, 1.54) is 25.3 Å². The van der Waals surface area contributed by atoms with Gasteiger partial charge in [-0.2, -0.15) is 8.78 Å². The fraction of sp³-hybridized carbons (Fsp3) is 0.273. The molecule has 2 N–H and O–H groups in total. The first-order chi connectivity index (χ1) is 7.67. The van der Waals surface area contributed by atoms with Crippen molar-refractivity contribution in [1.82, 2.24) is 0 Å². The Morgan fingerprint density at radius 2 is 2.19 bits per heavy atom. The summed E-state index contributed by atoms with van der Waals surface area (Å²) in [7, 11) is 1.48. The Morgan fingerprint density at radius 3 is 2.75 bits per heavy atom. The second-order valence-corrected chi connectivity index (χ2v) is 2.75. The van der Waals surface area contributed by atoms with Crippen LogP contribution in [0.2, 0.25) is 0 Å². The number of ether oxygens (including phenoxy) is 2. The Bertz CT molecular complexity index is 410. The molecule has 5 heteroatoms. The highest BCUT2D eigenvalue weighted by atomic mass is 19.3. The second kappa shape index (κ2) is 5.93. The fourth-order valence-corrected chi connectivity index (χ4v) is 1.08. The molecule has 0 aromatic heterocycles. The minimum absolute atomic E-state index is 0.0109. The standard InChI is InChI=1S/C11H11F2NO2/c1-15-9-4-5-10(16-11(12)13)8(7-9)3-2-6-14/h4-5,7,11H,6,14H2,1H3. The van der Waals surface area contributed by atoms with Crippen LogP contribution in [0.5, 0.6) is 11.5 Å². The molecule has 1 rings (SSSR count). The van der Waals surface area contributed by atoms with Gasteiger partial charge in [-0.3, -0.25) is 0 Å². The minimum atomic E-state index is -2.88. The number of rotatable bonds is 3. The van der Waals surface area contributed by atoms with Crippen LogP contribution in [0.25, 0.3) is 0 Å². The van der Waals surface area contributed by atoms with Gasteiger partial charge in [0.15, 0.2) is 0 Å². The maximum atomic E-state index is 12.1. The van der Waals surface area contributed by atoms with E-state index in [1.807, 2.05) is 0 Å². The van der Waals surface area contributed by atoms with Crippen molar-refractivity contribution in [1.29, 1.82) is 0 Å². The monoisotopic (exact) mass is 227 g/mol. The van der Waals surface area contributed by atoms with Gasteiger partial charge in [0.25, 0.3) is 0 Å². The molecule has 16 heavy (non-hydrogen) atoms. The van der Waals surface area contributed by atoms with E-state index in [0.29, 0.717) is 11.3 Å². The molecule has 1 aromatic rings. The Kier molecular flexibility index (Phi) is 4.55. The van der Waals surface area contributed by atoms with E-state index in [0.717, 1.165) is 0 Å². The lowest BCUT2D eigenvalue weighted by Crippen LogP contribution is -2.03. The lowest BCUT2D eigenvalue weighted by atomic mass is 10.2. The number of hydrogen-bond donors (Lipinski definition) is 1. The first-order valence-electron chi connectivity index (χ1n) is 4.49. The van der Waals surface area contributed by atoms with E-state index < -0.39 is 6.61 Å². The SMILES string of the molecule is COc1ccc(OC(F)F)c(C#CCN)c1. The average Bonchev–Trinajstić information content (AvgIpc) is 2.27. The quantitative estimate of drug-likeness (QED) is 0.798. The minimum Gasteiger partial charge on any atom is -0.497 e. The van der Waals surface area contributed by atoms with Gasteiger partial charge in [-0.15, -0.1) is 0 Å². The number of benzene rings is 1. The molecule has 0 atom stereocenters. The van der Waals surface area contributed by atoms with Crippen LogP contribution in [0.1, 0.15) is 5.56 Å². The van der Waals surface area contributed by atoms with Gasteiger partial charge in [0.1, 0.15) is 11.5 Å². The molecule has 0 spiro atoms. The molecule has 0 saturated carbocycles. The van der Waals surface area contributed by atoms with E-state index >= 15 is 0 Å². The summed E-state index contributed by atoms with van der Waals surface area (Å²) in [6.07, 6.45) is 0. The number of methoxy groups -OCH3 is 1. The number of halogens is 2. The molecule has 0 amide bonds. The highest BCUT2D eigenvalue weighted by molar-refractivity contribution is 5.50. The summed E-state index contributed by atoms with van der Waals surface area (Å²) in [4.78, 5) is 0. The van der Waals surface area contributed by atoms with E-state index in [9.17, 15) is 8.78 Å². The van der Waals surface area contributed by atoms with Crippen LogP contribution in [-0.2, 0) is 0 Å². The third-order valence-electron chi connectivity index (χ3n) is 1.73. The Hall–Kier alpha value is -1.80. The van der Waals surface area contributed by atoms with E-state index in [1.54, 1.807) is 0 Å². The van der Waals surface area contributed by atoms with E-state index in [2.05, 4.69) is 16.6 Å². The summed E-state index contributed by atoms with van der Waals surface area (Å²) in [5.74, 6) is 5.73. The van der Waals surface area contributed by atoms with Gasteiger partial charge < -0.3 is 15.2 Å². The zero-order chi connectivity index (χ0) is 12.0. The van der Waals surface area contributed by atoms with Crippen LogP contribution in [0.15, 0.2) is 18.2 Å². The molecular formula is C11H11F2NO2. The molecule has 86 valence electrons. The largest absolute Gasteiger partial charge is 0.497 e. The van der Waals surface area contributed by atoms with Gasteiger partial charge in [-0.05, 0) is 18.2 Å². The molecule has 0 aliphatic rings. The summed E-state index contributed by atoms with van der Waals surface area (Å²) >= 11 is 0. The van der Waals surface area contributed by atoms with Crippen molar-refractivity contribution in [2.45, 2.75) is 6.61 Å². The van der Waals surface area contributed by atoms with Crippen molar-refractivity contribution in [2.24, 2.45) is 5.73 Å². The maximum absolute atomic E-state index is 12.1. The van der Waals surface area contributed by atoms with E-state index in [-0.39, 0.29) is 12.3 Å². The van der Waals surface area contributed by atoms with Crippen molar-refractivity contribution in [2.75, 3.05) is 13.7 Å². The summed E-state index contributed by atoms with van der Waals surface area (Å²) in [6.45, 7) is -2.74. The summed E-state index contributed by atoms with van der Waals surface area (Å²) < 4.78 is 33.4. The lowest BCUT2D eigenvalue weighted by molar-refractivity contribution is -0.0500. The van der Waals surface area contributed by atoms with Gasteiger partial charge in [0.2, 0.25) is 0 Å². The third-order valence-corrected chi connectivity index (χ3v) is 1.73. The molecule has 1 aromatic carbocycles. The predicted molar refractivity (Wildman–Crippen MR) is 55.6 cm³/mol. The first kappa shape index (κ1) is 12.3. The van der Waals surface area contributed by atoms with Gasteiger partial charge in [0, 0.05) is 0 Å². The summed E-state index contributed by atoms with van der Waals surface area (Å²) in [5, 5.41) is 0. The van der Waals surface area contributed by atoms with Crippen molar-refractivity contribution < 1.29 is 18.3 Å². The number of nitrogens with two attached hydrogens (primary N) is 1. The van der Waals surface area contributed by atoms with Crippen LogP contribution in [0, 0.1) is 11.8 Å². The van der Waals surface area contributed by atoms with Gasteiger partial charge in [-0.25, -0.2) is 0 Å². The average molecular weight is 227 g/mol. The zero-order valence-corrected chi connectivity index (χ0v) is 8.67. The summed E-state index contributed by atoms with van der Waals surface area (Å²) in [5.41, 5.74) is 5.53.